The molecule has 0 spiro atoms. The summed E-state index contributed by atoms with van der Waals surface area (Å²) >= 11 is 0. The molecule has 6 aromatic rings. The van der Waals surface area contributed by atoms with Gasteiger partial charge < -0.3 is 30.7 Å². The predicted molar refractivity (Wildman–Crippen MR) is 177 cm³/mol. The molecule has 0 aliphatic carbocycles. The lowest BCUT2D eigenvalue weighted by atomic mass is 9.91. The summed E-state index contributed by atoms with van der Waals surface area (Å²) in [6, 6.07) is 29.9. The van der Waals surface area contributed by atoms with Crippen LogP contribution in [0.15, 0.2) is 97.3 Å². The summed E-state index contributed by atoms with van der Waals surface area (Å²) in [5.74, 6) is 0.844. The van der Waals surface area contributed by atoms with Gasteiger partial charge in [0.1, 0.15) is 12.2 Å². The van der Waals surface area contributed by atoms with Crippen LogP contribution in [0.2, 0.25) is 0 Å². The second-order valence-corrected chi connectivity index (χ2v) is 11.8. The molecule has 5 unspecified atom stereocenters. The lowest BCUT2D eigenvalue weighted by Gasteiger charge is -2.21. The van der Waals surface area contributed by atoms with Crippen molar-refractivity contribution >= 4 is 22.9 Å². The van der Waals surface area contributed by atoms with Gasteiger partial charge in [0.05, 0.1) is 26.0 Å². The van der Waals surface area contributed by atoms with Gasteiger partial charge in [-0.15, -0.1) is 10.2 Å². The van der Waals surface area contributed by atoms with Crippen LogP contribution in [-0.4, -0.2) is 86.4 Å². The highest BCUT2D eigenvalue weighted by Crippen LogP contribution is 2.39. The molecule has 48 heavy (non-hydrogen) atoms. The zero-order valence-electron chi connectivity index (χ0n) is 26.2. The molecule has 3 aromatic heterocycles. The zero-order valence-corrected chi connectivity index (χ0v) is 26.2. The molecule has 4 heterocycles. The van der Waals surface area contributed by atoms with Gasteiger partial charge in [0.25, 0.3) is 0 Å². The summed E-state index contributed by atoms with van der Waals surface area (Å²) in [5, 5.41) is 51.1. The molecule has 1 aliphatic rings. The van der Waals surface area contributed by atoms with Crippen molar-refractivity contribution in [3.8, 4) is 0 Å². The van der Waals surface area contributed by atoms with Gasteiger partial charge in [-0.05, 0) is 28.3 Å². The number of aryl methyl sites for hydroxylation is 1. The van der Waals surface area contributed by atoms with Crippen molar-refractivity contribution in [1.29, 1.82) is 0 Å². The van der Waals surface area contributed by atoms with Crippen LogP contribution in [0.1, 0.15) is 40.8 Å². The van der Waals surface area contributed by atoms with E-state index in [9.17, 15) is 15.3 Å². The van der Waals surface area contributed by atoms with Gasteiger partial charge in [0, 0.05) is 12.5 Å². The fraction of sp³-hybridized carbons (Fsp3) is 0.294. The number of aromatic nitrogens is 8. The van der Waals surface area contributed by atoms with E-state index in [1.165, 1.54) is 11.1 Å². The first kappa shape index (κ1) is 31.3. The van der Waals surface area contributed by atoms with E-state index in [4.69, 9.17) is 14.7 Å². The third kappa shape index (κ3) is 6.46. The monoisotopic (exact) mass is 648 g/mol. The highest BCUT2D eigenvalue weighted by atomic mass is 16.6. The number of fused-ring (bicyclic) bond motifs is 1. The fourth-order valence-corrected chi connectivity index (χ4v) is 6.05. The van der Waals surface area contributed by atoms with Crippen LogP contribution in [0, 0.1) is 0 Å². The highest BCUT2D eigenvalue weighted by molar-refractivity contribution is 5.84. The number of tetrazole rings is 1. The maximum absolute atomic E-state index is 11.1. The first-order chi connectivity index (χ1) is 23.5. The van der Waals surface area contributed by atoms with E-state index in [1.807, 2.05) is 66.7 Å². The van der Waals surface area contributed by atoms with Crippen LogP contribution >= 0.6 is 0 Å². The number of hydrogen-bond acceptors (Lipinski definition) is 12. The van der Waals surface area contributed by atoms with Crippen LogP contribution < -0.4 is 10.6 Å². The summed E-state index contributed by atoms with van der Waals surface area (Å²) in [5.41, 5.74) is 4.10. The number of nitrogens with one attached hydrogen (secondary N) is 2. The van der Waals surface area contributed by atoms with Crippen LogP contribution in [-0.2, 0) is 18.2 Å². The van der Waals surface area contributed by atoms with E-state index in [0.29, 0.717) is 29.9 Å². The molecule has 0 saturated carbocycles. The molecule has 1 saturated heterocycles. The second-order valence-electron chi connectivity index (χ2n) is 11.8. The average molecular weight is 649 g/mol. The summed E-state index contributed by atoms with van der Waals surface area (Å²) in [6.45, 7) is 0.327. The van der Waals surface area contributed by atoms with Crippen molar-refractivity contribution < 1.29 is 20.1 Å². The third-order valence-electron chi connectivity index (χ3n) is 8.47. The first-order valence-electron chi connectivity index (χ1n) is 15.7. The molecule has 0 amide bonds. The summed E-state index contributed by atoms with van der Waals surface area (Å²) in [7, 11) is 1.60. The Morgan fingerprint density at radius 3 is 2.17 bits per heavy atom. The van der Waals surface area contributed by atoms with Gasteiger partial charge >= 0.3 is 0 Å². The number of imidazole rings is 1. The van der Waals surface area contributed by atoms with E-state index < -0.39 is 30.6 Å². The van der Waals surface area contributed by atoms with Gasteiger partial charge in [0.15, 0.2) is 29.3 Å². The predicted octanol–water partition coefficient (Wildman–Crippen LogP) is 2.60. The minimum atomic E-state index is -1.34. The number of rotatable bonds is 12. The van der Waals surface area contributed by atoms with Crippen molar-refractivity contribution in [2.75, 3.05) is 23.8 Å². The average Bonchev–Trinajstić information content (AvgIpc) is 3.83. The molecule has 1 fully saturated rings. The molecule has 0 bridgehead atoms. The quantitative estimate of drug-likeness (QED) is 0.131. The summed E-state index contributed by atoms with van der Waals surface area (Å²) < 4.78 is 7.68. The van der Waals surface area contributed by atoms with E-state index in [2.05, 4.69) is 55.3 Å². The number of benzene rings is 3. The van der Waals surface area contributed by atoms with Crippen LogP contribution in [0.5, 0.6) is 0 Å². The molecule has 3 aromatic carbocycles. The van der Waals surface area contributed by atoms with Crippen molar-refractivity contribution in [2.24, 2.45) is 7.05 Å². The minimum Gasteiger partial charge on any atom is -0.394 e. The number of aliphatic hydroxyl groups is 3. The Kier molecular flexibility index (Phi) is 9.03. The van der Waals surface area contributed by atoms with Crippen molar-refractivity contribution in [2.45, 2.75) is 42.9 Å². The normalized spacial score (nSPS) is 19.9. The zero-order chi connectivity index (χ0) is 33.0. The minimum absolute atomic E-state index is 0.00504. The van der Waals surface area contributed by atoms with Gasteiger partial charge in [-0.3, -0.25) is 4.57 Å². The topological polar surface area (TPSA) is 181 Å². The van der Waals surface area contributed by atoms with E-state index in [0.717, 1.165) is 16.7 Å². The molecule has 0 radical (unpaired) electrons. The van der Waals surface area contributed by atoms with Crippen molar-refractivity contribution in [3.05, 3.63) is 120 Å². The lowest BCUT2D eigenvalue weighted by Crippen LogP contribution is -2.29. The van der Waals surface area contributed by atoms with Gasteiger partial charge in [-0.1, -0.05) is 91.0 Å². The third-order valence-corrected chi connectivity index (χ3v) is 8.47. The molecule has 5 N–H and O–H groups in total. The number of anilines is 2. The summed E-state index contributed by atoms with van der Waals surface area (Å²) in [6.07, 6.45) is -2.71. The van der Waals surface area contributed by atoms with E-state index in [1.54, 1.807) is 11.6 Å². The Morgan fingerprint density at radius 1 is 0.875 bits per heavy atom. The van der Waals surface area contributed by atoms with E-state index in [-0.39, 0.29) is 24.3 Å². The first-order valence-corrected chi connectivity index (χ1v) is 15.7. The van der Waals surface area contributed by atoms with Crippen LogP contribution in [0.25, 0.3) is 11.2 Å². The van der Waals surface area contributed by atoms with Crippen LogP contribution in [0.4, 0.5) is 11.8 Å². The summed E-state index contributed by atoms with van der Waals surface area (Å²) in [4.78, 5) is 15.5. The van der Waals surface area contributed by atoms with E-state index >= 15 is 0 Å². The maximum Gasteiger partial charge on any atom is 0.227 e. The molecule has 1 aliphatic heterocycles. The largest absolute Gasteiger partial charge is 0.394 e. The van der Waals surface area contributed by atoms with Gasteiger partial charge in [0.2, 0.25) is 11.8 Å². The van der Waals surface area contributed by atoms with Crippen LogP contribution in [0.3, 0.4) is 0 Å². The van der Waals surface area contributed by atoms with Crippen molar-refractivity contribution in [3.63, 3.8) is 0 Å². The maximum atomic E-state index is 11.1. The molecule has 5 atom stereocenters. The Bertz CT molecular complexity index is 1900. The molecular formula is C34H36N10O4. The Hall–Kier alpha value is -5.28. The fourth-order valence-electron chi connectivity index (χ4n) is 6.05. The number of ether oxygens (including phenoxy) is 1. The SMILES string of the molecule is Cn1nnc(C2OC(n3cnc4c(NCC(c5ccccc5)c5ccccc5)nc(NC(CO)Cc5ccccc5)nc43)C(O)C2O)n1. The van der Waals surface area contributed by atoms with Crippen molar-refractivity contribution in [1.82, 2.24) is 39.7 Å². The molecule has 14 heteroatoms. The lowest BCUT2D eigenvalue weighted by molar-refractivity contribution is -0.0384. The number of nitrogens with zero attached hydrogens (tertiary/aromatic N) is 8. The molecule has 7 rings (SSSR count). The number of aliphatic hydroxyl groups excluding tert-OH is 3. The number of hydrogen-bond donors (Lipinski definition) is 5. The standard InChI is InChI=1S/C34H36N10O4/c1-43-41-31(40-42-43)29-27(46)28(47)33(48-29)44-20-36-26-30(35-18-25(22-13-7-3-8-14-22)23-15-9-4-10-16-23)38-34(39-32(26)44)37-24(19-45)17-21-11-5-2-6-12-21/h2-16,20,24-25,27-29,33,45-47H,17-19H2,1H3,(H2,35,37,38,39). The Labute approximate surface area is 276 Å². The smallest absolute Gasteiger partial charge is 0.227 e. The molecular weight excluding hydrogens is 612 g/mol. The Morgan fingerprint density at radius 2 is 1.54 bits per heavy atom. The van der Waals surface area contributed by atoms with Gasteiger partial charge in [-0.25, -0.2) is 4.98 Å². The highest BCUT2D eigenvalue weighted by Gasteiger charge is 2.47. The molecule has 14 nitrogen and oxygen atoms in total. The molecule has 246 valence electrons. The van der Waals surface area contributed by atoms with Gasteiger partial charge in [-0.2, -0.15) is 14.8 Å². The second kappa shape index (κ2) is 13.8. The Balaban J connectivity index is 1.25.